The standard InChI is InChI=1S/C5H10O.2C5H8O.2C5H6O.C4H8O2.3C4H8S2/c5*1-2-4-6-5-3-1;2*1-2-6-4-3-5-1;1-2-5-4-6-3-1;1-2-4-6-5-3-1/h1-5H2;2,4H,1,3,5H2;1-2H,3-5H2;2-5H,1H2;1-4H,5H2;4*1-4H2. The van der Waals surface area contributed by atoms with Crippen LogP contribution in [0.1, 0.15) is 64.2 Å². The maximum absolute atomic E-state index is 5.07. The molecule has 9 rings (SSSR count). The van der Waals surface area contributed by atoms with Crippen LogP contribution in [0.3, 0.4) is 0 Å². The number of allylic oxidation sites excluding steroid dienone is 5. The molecule has 0 radical (unpaired) electrons. The molecule has 0 amide bonds. The number of hydrogen-bond acceptors (Lipinski definition) is 13. The van der Waals surface area contributed by atoms with Crippen LogP contribution in [-0.4, -0.2) is 117 Å². The molecule has 0 aromatic rings. The lowest BCUT2D eigenvalue weighted by atomic mass is 10.2. The molecule has 0 N–H and O–H groups in total. The van der Waals surface area contributed by atoms with Crippen molar-refractivity contribution in [1.29, 1.82) is 0 Å². The summed E-state index contributed by atoms with van der Waals surface area (Å²) in [6, 6.07) is 0. The van der Waals surface area contributed by atoms with E-state index in [4.69, 9.17) is 33.2 Å². The lowest BCUT2D eigenvalue weighted by Crippen LogP contribution is -2.16. The van der Waals surface area contributed by atoms with Gasteiger partial charge in [-0.3, -0.25) is 0 Å². The zero-order valence-electron chi connectivity index (χ0n) is 32.7. The Bertz CT molecular complexity index is 703. The van der Waals surface area contributed by atoms with E-state index in [1.54, 1.807) is 25.0 Å². The zero-order chi connectivity index (χ0) is 38.2. The molecule has 312 valence electrons. The van der Waals surface area contributed by atoms with Gasteiger partial charge in [-0.1, -0.05) is 39.8 Å². The van der Waals surface area contributed by atoms with Gasteiger partial charge in [-0.05, 0) is 106 Å². The SMILES string of the molecule is C1=CCOC=C1.C1=CCOCC1.C1=COC=CC1.C1=COCCC1.C1CCOCC1.C1CCSSC1.C1COCCO1.C1CSCCS1.C1CSCSC1. The fraction of sp³-hybridized carbons (Fsp3) is 0.707. The Kier molecular flexibility index (Phi) is 46.9. The molecule has 0 saturated carbocycles. The second-order valence-electron chi connectivity index (χ2n) is 11.7. The van der Waals surface area contributed by atoms with Crippen molar-refractivity contribution in [3.05, 3.63) is 73.7 Å². The Morgan fingerprint density at radius 1 is 0.352 bits per heavy atom. The molecule has 0 aliphatic carbocycles. The summed E-state index contributed by atoms with van der Waals surface area (Å²) in [5.74, 6) is 11.1. The number of rotatable bonds is 0. The molecule has 5 fully saturated rings. The topological polar surface area (TPSA) is 64.6 Å². The maximum atomic E-state index is 5.07. The van der Waals surface area contributed by atoms with Gasteiger partial charge < -0.3 is 33.2 Å². The van der Waals surface area contributed by atoms with Crippen molar-refractivity contribution in [3.8, 4) is 0 Å². The molecule has 0 spiro atoms. The molecule has 0 aromatic carbocycles. The van der Waals surface area contributed by atoms with Crippen LogP contribution < -0.4 is 0 Å². The van der Waals surface area contributed by atoms with E-state index >= 15 is 0 Å². The van der Waals surface area contributed by atoms with Gasteiger partial charge in [0.2, 0.25) is 0 Å². The van der Waals surface area contributed by atoms with Gasteiger partial charge >= 0.3 is 0 Å². The minimum absolute atomic E-state index is 0.733. The largest absolute Gasteiger partial charge is 0.502 e. The quantitative estimate of drug-likeness (QED) is 0.172. The third kappa shape index (κ3) is 46.2. The van der Waals surface area contributed by atoms with Gasteiger partial charge in [0, 0.05) is 52.8 Å². The summed E-state index contributed by atoms with van der Waals surface area (Å²) < 4.78 is 34.3. The van der Waals surface area contributed by atoms with E-state index in [0.29, 0.717) is 0 Å². The first-order chi connectivity index (χ1) is 27.0. The van der Waals surface area contributed by atoms with Crippen molar-refractivity contribution in [1.82, 2.24) is 0 Å². The lowest BCUT2D eigenvalue weighted by molar-refractivity contribution is -0.0334. The fourth-order valence-electron chi connectivity index (χ4n) is 4.12. The minimum Gasteiger partial charge on any atom is -0.502 e. The first kappa shape index (κ1) is 51.8. The van der Waals surface area contributed by atoms with Gasteiger partial charge in [0.05, 0.1) is 71.3 Å². The van der Waals surface area contributed by atoms with Gasteiger partial charge in [-0.25, -0.2) is 0 Å². The summed E-state index contributed by atoms with van der Waals surface area (Å²) in [5, 5.41) is 1.33. The van der Waals surface area contributed by atoms with Gasteiger partial charge in [0.1, 0.15) is 6.61 Å². The third-order valence-corrected chi connectivity index (χ3v) is 14.5. The van der Waals surface area contributed by atoms with Crippen molar-refractivity contribution in [2.24, 2.45) is 0 Å². The molecule has 9 aliphatic rings. The fourth-order valence-corrected chi connectivity index (χ4v) is 11.0. The summed E-state index contributed by atoms with van der Waals surface area (Å²) >= 11 is 8.26. The molecule has 0 unspecified atom stereocenters. The molecule has 0 aromatic heterocycles. The van der Waals surface area contributed by atoms with Crippen molar-refractivity contribution in [3.63, 3.8) is 0 Å². The summed E-state index contributed by atoms with van der Waals surface area (Å²) in [5.41, 5.74) is 0. The molecule has 7 nitrogen and oxygen atoms in total. The van der Waals surface area contributed by atoms with Crippen molar-refractivity contribution in [2.45, 2.75) is 64.2 Å². The Morgan fingerprint density at radius 2 is 1.02 bits per heavy atom. The van der Waals surface area contributed by atoms with Crippen LogP contribution in [-0.2, 0) is 33.2 Å². The van der Waals surface area contributed by atoms with Gasteiger partial charge in [-0.15, -0.1) is 0 Å². The molecule has 5 saturated heterocycles. The van der Waals surface area contributed by atoms with Gasteiger partial charge in [0.15, 0.2) is 0 Å². The van der Waals surface area contributed by atoms with Gasteiger partial charge in [-0.2, -0.15) is 47.0 Å². The molecular weight excluding hydrogens is 797 g/mol. The average Bonchev–Trinajstić information content (AvgIpc) is 3.33. The Labute approximate surface area is 354 Å². The predicted octanol–water partition coefficient (Wildman–Crippen LogP) is 11.5. The normalized spacial score (nSPS) is 21.8. The van der Waals surface area contributed by atoms with Crippen molar-refractivity contribution < 1.29 is 33.2 Å². The van der Waals surface area contributed by atoms with Gasteiger partial charge in [0.25, 0.3) is 0 Å². The Hall–Kier alpha value is -0.220. The van der Waals surface area contributed by atoms with E-state index in [9.17, 15) is 0 Å². The minimum atomic E-state index is 0.733. The van der Waals surface area contributed by atoms with Crippen molar-refractivity contribution >= 4 is 68.6 Å². The average molecular weight is 867 g/mol. The Morgan fingerprint density at radius 3 is 1.19 bits per heavy atom. The first-order valence-corrected chi connectivity index (χ1v) is 26.8. The van der Waals surface area contributed by atoms with Crippen LogP contribution in [0, 0.1) is 0 Å². The van der Waals surface area contributed by atoms with Crippen LogP contribution in [0.25, 0.3) is 0 Å². The molecule has 0 bridgehead atoms. The summed E-state index contributed by atoms with van der Waals surface area (Å²) in [6.45, 7) is 8.49. The van der Waals surface area contributed by atoms with Crippen LogP contribution in [0.5, 0.6) is 0 Å². The van der Waals surface area contributed by atoms with Crippen molar-refractivity contribution in [2.75, 3.05) is 117 Å². The van der Waals surface area contributed by atoms with E-state index in [1.807, 2.05) is 64.1 Å². The summed E-state index contributed by atoms with van der Waals surface area (Å²) in [6.07, 6.45) is 35.5. The highest BCUT2D eigenvalue weighted by molar-refractivity contribution is 8.76. The van der Waals surface area contributed by atoms with E-state index in [-0.39, 0.29) is 0 Å². The second-order valence-corrected chi connectivity index (χ2v) is 19.4. The third-order valence-electron chi connectivity index (χ3n) is 6.97. The van der Waals surface area contributed by atoms with Crippen LogP contribution in [0.2, 0.25) is 0 Å². The van der Waals surface area contributed by atoms with E-state index < -0.39 is 0 Å². The van der Waals surface area contributed by atoms with E-state index in [2.05, 4.69) is 53.1 Å². The maximum Gasteiger partial charge on any atom is 0.106 e. The number of hydrogen-bond donors (Lipinski definition) is 0. The monoisotopic (exact) mass is 866 g/mol. The van der Waals surface area contributed by atoms with Crippen LogP contribution >= 0.6 is 68.6 Å². The number of thioether (sulfide) groups is 4. The zero-order valence-corrected chi connectivity index (χ0v) is 37.6. The second kappa shape index (κ2) is 48.9. The Balaban J connectivity index is 0.000000304. The summed E-state index contributed by atoms with van der Waals surface area (Å²) in [7, 11) is 4.02. The molecule has 0 atom stereocenters. The smallest absolute Gasteiger partial charge is 0.106 e. The molecule has 9 heterocycles. The van der Waals surface area contributed by atoms with E-state index in [0.717, 1.165) is 78.9 Å². The van der Waals surface area contributed by atoms with Crippen LogP contribution in [0.15, 0.2) is 73.7 Å². The number of ether oxygens (including phenoxy) is 7. The summed E-state index contributed by atoms with van der Waals surface area (Å²) in [4.78, 5) is 0. The molecular formula is C41H70O7S6. The highest BCUT2D eigenvalue weighted by Gasteiger charge is 1.98. The highest BCUT2D eigenvalue weighted by atomic mass is 33.1. The lowest BCUT2D eigenvalue weighted by Gasteiger charge is -2.09. The molecule has 54 heavy (non-hydrogen) atoms. The molecule has 9 aliphatic heterocycles. The first-order valence-electron chi connectivity index (χ1n) is 19.7. The van der Waals surface area contributed by atoms with Crippen LogP contribution in [0.4, 0.5) is 0 Å². The van der Waals surface area contributed by atoms with E-state index in [1.165, 1.54) is 102 Å². The highest BCUT2D eigenvalue weighted by Crippen LogP contribution is 2.28. The predicted molar refractivity (Wildman–Crippen MR) is 247 cm³/mol. The molecule has 13 heteroatoms.